The van der Waals surface area contributed by atoms with E-state index in [1.54, 1.807) is 6.20 Å². The molecule has 3 rings (SSSR count). The minimum Gasteiger partial charge on any atom is -0.378 e. The summed E-state index contributed by atoms with van der Waals surface area (Å²) in [5.41, 5.74) is 0.749. The first kappa shape index (κ1) is 13.2. The van der Waals surface area contributed by atoms with E-state index in [4.69, 9.17) is 4.74 Å². The van der Waals surface area contributed by atoms with Crippen molar-refractivity contribution in [2.45, 2.75) is 12.8 Å². The molecular weight excluding hydrogens is 256 g/mol. The van der Waals surface area contributed by atoms with Crippen LogP contribution in [0.25, 0.3) is 0 Å². The zero-order valence-corrected chi connectivity index (χ0v) is 11.5. The van der Waals surface area contributed by atoms with Crippen LogP contribution in [0.1, 0.15) is 12.8 Å². The standard InChI is InChI=1S/C14H20N4O2/c19-14(18-5-1-2-6-18)16-12-3-4-13(15-11-12)17-7-9-20-10-8-17/h3-4,11H,1-2,5-10H2,(H,16,19). The summed E-state index contributed by atoms with van der Waals surface area (Å²) >= 11 is 0. The fraction of sp³-hybridized carbons (Fsp3) is 0.571. The molecule has 0 aliphatic carbocycles. The average molecular weight is 276 g/mol. The largest absolute Gasteiger partial charge is 0.378 e. The van der Waals surface area contributed by atoms with Crippen LogP contribution >= 0.6 is 0 Å². The van der Waals surface area contributed by atoms with Crippen molar-refractivity contribution in [3.05, 3.63) is 18.3 Å². The van der Waals surface area contributed by atoms with E-state index in [-0.39, 0.29) is 6.03 Å². The number of pyridine rings is 1. The maximum Gasteiger partial charge on any atom is 0.321 e. The van der Waals surface area contributed by atoms with Crippen molar-refractivity contribution in [3.8, 4) is 0 Å². The molecule has 0 bridgehead atoms. The first-order valence-electron chi connectivity index (χ1n) is 7.17. The van der Waals surface area contributed by atoms with Crippen LogP contribution in [0.5, 0.6) is 0 Å². The van der Waals surface area contributed by atoms with Gasteiger partial charge in [0.25, 0.3) is 0 Å². The minimum atomic E-state index is -0.0246. The molecule has 0 radical (unpaired) electrons. The molecule has 1 aromatic rings. The van der Waals surface area contributed by atoms with E-state index in [1.807, 2.05) is 17.0 Å². The predicted octanol–water partition coefficient (Wildman–Crippen LogP) is 1.55. The van der Waals surface area contributed by atoms with Crippen molar-refractivity contribution < 1.29 is 9.53 Å². The van der Waals surface area contributed by atoms with E-state index in [9.17, 15) is 4.79 Å². The molecule has 1 N–H and O–H groups in total. The van der Waals surface area contributed by atoms with Gasteiger partial charge < -0.3 is 19.9 Å². The number of amides is 2. The van der Waals surface area contributed by atoms with Crippen LogP contribution < -0.4 is 10.2 Å². The molecule has 1 aromatic heterocycles. The van der Waals surface area contributed by atoms with Gasteiger partial charge in [-0.3, -0.25) is 0 Å². The highest BCUT2D eigenvalue weighted by atomic mass is 16.5. The van der Waals surface area contributed by atoms with Crippen molar-refractivity contribution >= 4 is 17.5 Å². The third-order valence-electron chi connectivity index (χ3n) is 3.73. The lowest BCUT2D eigenvalue weighted by molar-refractivity contribution is 0.122. The predicted molar refractivity (Wildman–Crippen MR) is 77.1 cm³/mol. The molecule has 2 amide bonds. The van der Waals surface area contributed by atoms with Gasteiger partial charge in [-0.1, -0.05) is 0 Å². The Hall–Kier alpha value is -1.82. The van der Waals surface area contributed by atoms with E-state index in [2.05, 4.69) is 15.2 Å². The second kappa shape index (κ2) is 6.09. The molecule has 0 atom stereocenters. The SMILES string of the molecule is O=C(Nc1ccc(N2CCOCC2)nc1)N1CCCC1. The first-order valence-corrected chi connectivity index (χ1v) is 7.17. The van der Waals surface area contributed by atoms with Crippen molar-refractivity contribution in [2.75, 3.05) is 49.6 Å². The number of aromatic nitrogens is 1. The number of rotatable bonds is 2. The molecule has 0 unspecified atom stereocenters. The summed E-state index contributed by atoms with van der Waals surface area (Å²) in [6, 6.07) is 3.83. The number of nitrogens with zero attached hydrogens (tertiary/aromatic N) is 3. The van der Waals surface area contributed by atoms with Crippen LogP contribution in [0, 0.1) is 0 Å². The molecule has 2 fully saturated rings. The van der Waals surface area contributed by atoms with E-state index >= 15 is 0 Å². The fourth-order valence-electron chi connectivity index (χ4n) is 2.56. The Morgan fingerprint density at radius 1 is 1.15 bits per heavy atom. The van der Waals surface area contributed by atoms with E-state index in [1.165, 1.54) is 0 Å². The molecule has 0 aromatic carbocycles. The molecule has 2 saturated heterocycles. The van der Waals surface area contributed by atoms with Crippen LogP contribution in [-0.4, -0.2) is 55.3 Å². The summed E-state index contributed by atoms with van der Waals surface area (Å²) < 4.78 is 5.32. The Morgan fingerprint density at radius 2 is 1.90 bits per heavy atom. The lowest BCUT2D eigenvalue weighted by atomic mass is 10.3. The number of hydrogen-bond donors (Lipinski definition) is 1. The molecule has 20 heavy (non-hydrogen) atoms. The van der Waals surface area contributed by atoms with Gasteiger partial charge in [0.05, 0.1) is 25.1 Å². The third-order valence-corrected chi connectivity index (χ3v) is 3.73. The van der Waals surface area contributed by atoms with Crippen LogP contribution in [0.15, 0.2) is 18.3 Å². The molecule has 0 saturated carbocycles. The molecule has 6 nitrogen and oxygen atoms in total. The van der Waals surface area contributed by atoms with E-state index in [0.717, 1.165) is 63.7 Å². The molecular formula is C14H20N4O2. The van der Waals surface area contributed by atoms with Crippen LogP contribution in [-0.2, 0) is 4.74 Å². The van der Waals surface area contributed by atoms with Crippen LogP contribution in [0.4, 0.5) is 16.3 Å². The van der Waals surface area contributed by atoms with Crippen molar-refractivity contribution in [3.63, 3.8) is 0 Å². The third kappa shape index (κ3) is 3.01. The minimum absolute atomic E-state index is 0.0246. The summed E-state index contributed by atoms with van der Waals surface area (Å²) in [6.07, 6.45) is 3.92. The van der Waals surface area contributed by atoms with Crippen LogP contribution in [0.2, 0.25) is 0 Å². The maximum atomic E-state index is 12.0. The van der Waals surface area contributed by atoms with Gasteiger partial charge in [0, 0.05) is 26.2 Å². The molecule has 0 spiro atoms. The summed E-state index contributed by atoms with van der Waals surface area (Å²) in [5, 5.41) is 2.90. The monoisotopic (exact) mass is 276 g/mol. The molecule has 3 heterocycles. The second-order valence-corrected chi connectivity index (χ2v) is 5.13. The average Bonchev–Trinajstić information content (AvgIpc) is 3.03. The Bertz CT molecular complexity index is 451. The Balaban J connectivity index is 1.59. The van der Waals surface area contributed by atoms with Gasteiger partial charge >= 0.3 is 6.03 Å². The highest BCUT2D eigenvalue weighted by Gasteiger charge is 2.18. The number of carbonyl (C=O) groups is 1. The van der Waals surface area contributed by atoms with Gasteiger partial charge in [-0.05, 0) is 25.0 Å². The zero-order valence-electron chi connectivity index (χ0n) is 11.5. The summed E-state index contributed by atoms with van der Waals surface area (Å²) in [5.74, 6) is 0.937. The highest BCUT2D eigenvalue weighted by Crippen LogP contribution is 2.16. The van der Waals surface area contributed by atoms with Crippen molar-refractivity contribution in [1.29, 1.82) is 0 Å². The number of morpholine rings is 1. The second-order valence-electron chi connectivity index (χ2n) is 5.13. The number of hydrogen-bond acceptors (Lipinski definition) is 4. The van der Waals surface area contributed by atoms with Crippen molar-refractivity contribution in [1.82, 2.24) is 9.88 Å². The molecule has 6 heteroatoms. The van der Waals surface area contributed by atoms with Crippen LogP contribution in [0.3, 0.4) is 0 Å². The smallest absolute Gasteiger partial charge is 0.321 e. The van der Waals surface area contributed by atoms with Gasteiger partial charge in [-0.15, -0.1) is 0 Å². The van der Waals surface area contributed by atoms with Gasteiger partial charge in [0.2, 0.25) is 0 Å². The number of likely N-dealkylation sites (tertiary alicyclic amines) is 1. The summed E-state index contributed by atoms with van der Waals surface area (Å²) in [6.45, 7) is 4.93. The lowest BCUT2D eigenvalue weighted by Crippen LogP contribution is -2.36. The van der Waals surface area contributed by atoms with Gasteiger partial charge in [0.15, 0.2) is 0 Å². The van der Waals surface area contributed by atoms with Crippen molar-refractivity contribution in [2.24, 2.45) is 0 Å². The lowest BCUT2D eigenvalue weighted by Gasteiger charge is -2.27. The molecule has 2 aliphatic heterocycles. The number of anilines is 2. The summed E-state index contributed by atoms with van der Waals surface area (Å²) in [4.78, 5) is 20.4. The van der Waals surface area contributed by atoms with Gasteiger partial charge in [-0.2, -0.15) is 0 Å². The van der Waals surface area contributed by atoms with Gasteiger partial charge in [-0.25, -0.2) is 9.78 Å². The number of urea groups is 1. The normalized spacial score (nSPS) is 19.2. The fourth-order valence-corrected chi connectivity index (χ4v) is 2.56. The highest BCUT2D eigenvalue weighted by molar-refractivity contribution is 5.89. The number of carbonyl (C=O) groups excluding carboxylic acids is 1. The topological polar surface area (TPSA) is 57.7 Å². The van der Waals surface area contributed by atoms with E-state index in [0.29, 0.717) is 0 Å². The Kier molecular flexibility index (Phi) is 4.01. The first-order chi connectivity index (χ1) is 9.83. The maximum absolute atomic E-state index is 12.0. The molecule has 108 valence electrons. The Labute approximate surface area is 118 Å². The van der Waals surface area contributed by atoms with E-state index < -0.39 is 0 Å². The summed E-state index contributed by atoms with van der Waals surface area (Å²) in [7, 11) is 0. The number of ether oxygens (including phenoxy) is 1. The van der Waals surface area contributed by atoms with Gasteiger partial charge in [0.1, 0.15) is 5.82 Å². The molecule has 2 aliphatic rings. The number of nitrogens with one attached hydrogen (secondary N) is 1. The Morgan fingerprint density at radius 3 is 2.55 bits per heavy atom. The zero-order chi connectivity index (χ0) is 13.8. The quantitative estimate of drug-likeness (QED) is 0.890.